The summed E-state index contributed by atoms with van der Waals surface area (Å²) in [5.41, 5.74) is 6.08. The van der Waals surface area contributed by atoms with Crippen molar-refractivity contribution in [3.8, 4) is 0 Å². The number of nitrogens with one attached hydrogen (secondary N) is 2. The lowest BCUT2D eigenvalue weighted by molar-refractivity contribution is 0.0697. The molecule has 0 bridgehead atoms. The molecule has 0 aliphatic heterocycles. The fourth-order valence-electron chi connectivity index (χ4n) is 0.970. The molecule has 84 valence electrons. The molecule has 0 saturated heterocycles. The summed E-state index contributed by atoms with van der Waals surface area (Å²) >= 11 is 9.50. The highest BCUT2D eigenvalue weighted by Gasteiger charge is 2.02. The summed E-state index contributed by atoms with van der Waals surface area (Å²) < 4.78 is 0. The molecular weight excluding hydrogens is 246 g/mol. The summed E-state index contributed by atoms with van der Waals surface area (Å²) in [5, 5.41) is 14.4. The molecule has 0 spiro atoms. The van der Waals surface area contributed by atoms with Gasteiger partial charge in [-0.25, -0.2) is 4.79 Å². The molecule has 0 aliphatic rings. The van der Waals surface area contributed by atoms with Crippen molar-refractivity contribution in [2.24, 2.45) is 5.73 Å². The number of hydrogen-bond donors (Lipinski definition) is 4. The molecule has 0 unspecified atom stereocenters. The number of carboxylic acid groups (broad SMARTS) is 1. The Morgan fingerprint density at radius 2 is 1.81 bits per heavy atom. The summed E-state index contributed by atoms with van der Waals surface area (Å²) in [6.45, 7) is 0. The molecule has 0 fully saturated rings. The van der Waals surface area contributed by atoms with Crippen LogP contribution in [0, 0.1) is 0 Å². The first-order chi connectivity index (χ1) is 7.49. The van der Waals surface area contributed by atoms with Crippen molar-refractivity contribution in [1.82, 2.24) is 5.32 Å². The molecular formula is C9H9N3O2S2. The second kappa shape index (κ2) is 5.38. The molecule has 0 amide bonds. The minimum Gasteiger partial charge on any atom is -0.478 e. The summed E-state index contributed by atoms with van der Waals surface area (Å²) in [6, 6.07) is 6.12. The smallest absolute Gasteiger partial charge is 0.335 e. The minimum atomic E-state index is -0.976. The molecule has 0 aliphatic carbocycles. The lowest BCUT2D eigenvalue weighted by Gasteiger charge is -2.08. The Kier molecular flexibility index (Phi) is 4.15. The van der Waals surface area contributed by atoms with Crippen molar-refractivity contribution in [3.63, 3.8) is 0 Å². The van der Waals surface area contributed by atoms with E-state index in [9.17, 15) is 4.79 Å². The van der Waals surface area contributed by atoms with Crippen LogP contribution in [0.5, 0.6) is 0 Å². The Hall–Kier alpha value is -1.73. The Balaban J connectivity index is 2.65. The number of aromatic carboxylic acids is 1. The lowest BCUT2D eigenvalue weighted by atomic mass is 10.2. The monoisotopic (exact) mass is 255 g/mol. The maximum atomic E-state index is 10.6. The van der Waals surface area contributed by atoms with Gasteiger partial charge < -0.3 is 21.5 Å². The van der Waals surface area contributed by atoms with E-state index < -0.39 is 5.97 Å². The van der Waals surface area contributed by atoms with Gasteiger partial charge in [0, 0.05) is 5.69 Å². The third-order valence-corrected chi connectivity index (χ3v) is 1.93. The highest BCUT2D eigenvalue weighted by Crippen LogP contribution is 2.09. The first kappa shape index (κ1) is 12.3. The molecule has 5 N–H and O–H groups in total. The molecule has 5 nitrogen and oxygen atoms in total. The number of carbonyl (C=O) groups is 1. The largest absolute Gasteiger partial charge is 0.478 e. The third-order valence-electron chi connectivity index (χ3n) is 1.63. The summed E-state index contributed by atoms with van der Waals surface area (Å²) in [5.74, 6) is -0.976. The number of benzene rings is 1. The lowest BCUT2D eigenvalue weighted by Crippen LogP contribution is -2.37. The van der Waals surface area contributed by atoms with Crippen LogP contribution >= 0.6 is 24.4 Å². The molecule has 16 heavy (non-hydrogen) atoms. The van der Waals surface area contributed by atoms with Gasteiger partial charge in [0.05, 0.1) is 5.56 Å². The summed E-state index contributed by atoms with van der Waals surface area (Å²) in [6.07, 6.45) is 0. The zero-order chi connectivity index (χ0) is 12.1. The predicted molar refractivity (Wildman–Crippen MR) is 69.5 cm³/mol. The number of hydrogen-bond acceptors (Lipinski definition) is 3. The molecule has 0 saturated carbocycles. The Bertz CT molecular complexity index is 431. The molecule has 0 aromatic heterocycles. The summed E-state index contributed by atoms with van der Waals surface area (Å²) in [7, 11) is 0. The fraction of sp³-hybridized carbons (Fsp3) is 0. The molecule has 7 heteroatoms. The first-order valence-corrected chi connectivity index (χ1v) is 5.01. The van der Waals surface area contributed by atoms with Gasteiger partial charge in [0.15, 0.2) is 10.2 Å². The van der Waals surface area contributed by atoms with E-state index in [2.05, 4.69) is 22.9 Å². The molecule has 1 rings (SSSR count). The molecule has 1 aromatic carbocycles. The van der Waals surface area contributed by atoms with Crippen LogP contribution in [0.3, 0.4) is 0 Å². The van der Waals surface area contributed by atoms with Crippen molar-refractivity contribution in [3.05, 3.63) is 29.8 Å². The topological polar surface area (TPSA) is 87.4 Å². The van der Waals surface area contributed by atoms with Crippen LogP contribution in [-0.4, -0.2) is 21.3 Å². The quantitative estimate of drug-likeness (QED) is 0.584. The van der Waals surface area contributed by atoms with Crippen LogP contribution in [0.15, 0.2) is 24.3 Å². The van der Waals surface area contributed by atoms with Gasteiger partial charge >= 0.3 is 5.97 Å². The average Bonchev–Trinajstić information content (AvgIpc) is 2.16. The van der Waals surface area contributed by atoms with Crippen LogP contribution in [0.25, 0.3) is 0 Å². The van der Waals surface area contributed by atoms with Crippen LogP contribution in [0.1, 0.15) is 10.4 Å². The van der Waals surface area contributed by atoms with Crippen molar-refractivity contribution in [2.45, 2.75) is 0 Å². The highest BCUT2D eigenvalue weighted by atomic mass is 32.1. The van der Waals surface area contributed by atoms with Crippen LogP contribution in [0.4, 0.5) is 5.69 Å². The number of anilines is 1. The SMILES string of the molecule is NC(=S)NC(=S)Nc1ccc(C(=O)O)cc1. The van der Waals surface area contributed by atoms with Gasteiger partial charge in [0.25, 0.3) is 0 Å². The van der Waals surface area contributed by atoms with E-state index in [-0.39, 0.29) is 15.8 Å². The first-order valence-electron chi connectivity index (χ1n) is 4.20. The standard InChI is InChI=1S/C9H9N3O2S2/c10-8(15)12-9(16)11-6-3-1-5(2-4-6)7(13)14/h1-4H,(H,13,14)(H4,10,11,12,15,16). The second-order valence-corrected chi connectivity index (χ2v) is 3.67. The maximum Gasteiger partial charge on any atom is 0.335 e. The number of thiocarbonyl (C=S) groups is 2. The van der Waals surface area contributed by atoms with Crippen molar-refractivity contribution >= 4 is 46.3 Å². The minimum absolute atomic E-state index is 0.0691. The van der Waals surface area contributed by atoms with Gasteiger partial charge in [-0.05, 0) is 48.7 Å². The molecule has 1 aromatic rings. The van der Waals surface area contributed by atoms with Crippen molar-refractivity contribution in [2.75, 3.05) is 5.32 Å². The number of nitrogens with two attached hydrogens (primary N) is 1. The number of rotatable bonds is 2. The van der Waals surface area contributed by atoms with Gasteiger partial charge in [0.1, 0.15) is 0 Å². The zero-order valence-corrected chi connectivity index (χ0v) is 9.69. The van der Waals surface area contributed by atoms with E-state index in [1.165, 1.54) is 12.1 Å². The summed E-state index contributed by atoms with van der Waals surface area (Å²) in [4.78, 5) is 10.6. The van der Waals surface area contributed by atoms with E-state index >= 15 is 0 Å². The van der Waals surface area contributed by atoms with Gasteiger partial charge in [-0.15, -0.1) is 0 Å². The van der Waals surface area contributed by atoms with Crippen molar-refractivity contribution in [1.29, 1.82) is 0 Å². The average molecular weight is 255 g/mol. The Morgan fingerprint density at radius 3 is 2.25 bits per heavy atom. The van der Waals surface area contributed by atoms with Crippen LogP contribution in [0.2, 0.25) is 0 Å². The third kappa shape index (κ3) is 3.79. The number of carboxylic acids is 1. The van der Waals surface area contributed by atoms with Gasteiger partial charge in [-0.1, -0.05) is 0 Å². The van der Waals surface area contributed by atoms with Crippen LogP contribution in [-0.2, 0) is 0 Å². The highest BCUT2D eigenvalue weighted by molar-refractivity contribution is 7.82. The van der Waals surface area contributed by atoms with Gasteiger partial charge in [-0.2, -0.15) is 0 Å². The van der Waals surface area contributed by atoms with Gasteiger partial charge in [0.2, 0.25) is 0 Å². The second-order valence-electron chi connectivity index (χ2n) is 2.83. The van der Waals surface area contributed by atoms with Gasteiger partial charge in [-0.3, -0.25) is 0 Å². The Morgan fingerprint density at radius 1 is 1.25 bits per heavy atom. The predicted octanol–water partition coefficient (Wildman–Crippen LogP) is 0.915. The van der Waals surface area contributed by atoms with E-state index in [1.54, 1.807) is 12.1 Å². The van der Waals surface area contributed by atoms with Crippen LogP contribution < -0.4 is 16.4 Å². The van der Waals surface area contributed by atoms with E-state index in [0.29, 0.717) is 5.69 Å². The van der Waals surface area contributed by atoms with E-state index in [0.717, 1.165) is 0 Å². The van der Waals surface area contributed by atoms with E-state index in [1.807, 2.05) is 0 Å². The normalized spacial score (nSPS) is 9.25. The maximum absolute atomic E-state index is 10.6. The molecule has 0 radical (unpaired) electrons. The molecule has 0 atom stereocenters. The molecule has 0 heterocycles. The Labute approximate surface area is 103 Å². The zero-order valence-electron chi connectivity index (χ0n) is 8.06. The van der Waals surface area contributed by atoms with E-state index in [4.69, 9.17) is 23.1 Å². The van der Waals surface area contributed by atoms with Crippen molar-refractivity contribution < 1.29 is 9.90 Å². The fourth-order valence-corrected chi connectivity index (χ4v) is 1.36.